The van der Waals surface area contributed by atoms with E-state index in [0.717, 1.165) is 12.1 Å². The third-order valence-electron chi connectivity index (χ3n) is 2.81. The van der Waals surface area contributed by atoms with Gasteiger partial charge in [-0.2, -0.15) is 0 Å². The van der Waals surface area contributed by atoms with Crippen LogP contribution in [0.25, 0.3) is 0 Å². The Morgan fingerprint density at radius 3 is 2.77 bits per heavy atom. The molecule has 0 saturated heterocycles. The maximum Gasteiger partial charge on any atom is 0.408 e. The van der Waals surface area contributed by atoms with Crippen LogP contribution in [0.5, 0.6) is 0 Å². The maximum absolute atomic E-state index is 12.0. The normalized spacial score (nSPS) is 12.3. The Balaban J connectivity index is 2.83. The Kier molecular flexibility index (Phi) is 6.87. The zero-order valence-corrected chi connectivity index (χ0v) is 13.7. The summed E-state index contributed by atoms with van der Waals surface area (Å²) in [7, 11) is 1.65. The molecule has 1 aromatic rings. The van der Waals surface area contributed by atoms with E-state index in [9.17, 15) is 4.79 Å². The number of carbonyl (C=O) groups excluding carboxylic acids is 1. The third kappa shape index (κ3) is 6.59. The van der Waals surface area contributed by atoms with E-state index in [2.05, 4.69) is 16.2 Å². The molecule has 0 aliphatic carbocycles. The first-order chi connectivity index (χ1) is 10.4. The molecule has 1 amide bonds. The minimum Gasteiger partial charge on any atom is -0.444 e. The number of carbonyl (C=O) groups is 1. The molecule has 0 spiro atoms. The van der Waals surface area contributed by atoms with Gasteiger partial charge in [0.05, 0.1) is 11.7 Å². The van der Waals surface area contributed by atoms with E-state index in [1.54, 1.807) is 13.2 Å². The molecular formula is C17H24N2O3. The number of amides is 1. The predicted molar refractivity (Wildman–Crippen MR) is 85.4 cm³/mol. The molecule has 1 rings (SSSR count). The van der Waals surface area contributed by atoms with E-state index in [0.29, 0.717) is 18.7 Å². The highest BCUT2D eigenvalue weighted by Crippen LogP contribution is 2.18. The summed E-state index contributed by atoms with van der Waals surface area (Å²) >= 11 is 0. The molecule has 0 aliphatic heterocycles. The lowest BCUT2D eigenvalue weighted by atomic mass is 10.1. The van der Waals surface area contributed by atoms with Crippen LogP contribution in [-0.2, 0) is 9.47 Å². The topological polar surface area (TPSA) is 60.5 Å². The molecule has 0 aliphatic rings. The summed E-state index contributed by atoms with van der Waals surface area (Å²) in [6, 6.07) is 5.16. The molecule has 1 N–H and O–H groups in total. The SMILES string of the molecule is C#Cc1cccc([C@H](CCCOC)NC(=O)OC(C)(C)C)n1. The van der Waals surface area contributed by atoms with Gasteiger partial charge in [-0.3, -0.25) is 0 Å². The lowest BCUT2D eigenvalue weighted by Gasteiger charge is -2.23. The highest BCUT2D eigenvalue weighted by atomic mass is 16.6. The fourth-order valence-corrected chi connectivity index (χ4v) is 1.90. The highest BCUT2D eigenvalue weighted by Gasteiger charge is 2.21. The van der Waals surface area contributed by atoms with E-state index in [-0.39, 0.29) is 6.04 Å². The van der Waals surface area contributed by atoms with Crippen molar-refractivity contribution >= 4 is 6.09 Å². The number of aromatic nitrogens is 1. The fraction of sp³-hybridized carbons (Fsp3) is 0.529. The number of nitrogens with one attached hydrogen (secondary N) is 1. The minimum atomic E-state index is -0.546. The van der Waals surface area contributed by atoms with Gasteiger partial charge in [-0.05, 0) is 45.7 Å². The van der Waals surface area contributed by atoms with Gasteiger partial charge in [0, 0.05) is 13.7 Å². The van der Waals surface area contributed by atoms with Crippen molar-refractivity contribution in [3.63, 3.8) is 0 Å². The molecule has 120 valence electrons. The second kappa shape index (κ2) is 8.40. The molecule has 0 bridgehead atoms. The Morgan fingerprint density at radius 2 is 2.18 bits per heavy atom. The van der Waals surface area contributed by atoms with Crippen LogP contribution in [0.15, 0.2) is 18.2 Å². The van der Waals surface area contributed by atoms with Crippen LogP contribution in [0.4, 0.5) is 4.79 Å². The van der Waals surface area contributed by atoms with Gasteiger partial charge in [-0.15, -0.1) is 6.42 Å². The summed E-state index contributed by atoms with van der Waals surface area (Å²) in [4.78, 5) is 16.4. The molecular weight excluding hydrogens is 280 g/mol. The number of pyridine rings is 1. The Bertz CT molecular complexity index is 529. The van der Waals surface area contributed by atoms with E-state index in [1.807, 2.05) is 32.9 Å². The smallest absolute Gasteiger partial charge is 0.408 e. The average Bonchev–Trinajstić information content (AvgIpc) is 2.44. The Hall–Kier alpha value is -2.06. The molecule has 0 saturated carbocycles. The zero-order chi connectivity index (χ0) is 16.6. The van der Waals surface area contributed by atoms with E-state index in [1.165, 1.54) is 0 Å². The number of alkyl carbamates (subject to hydrolysis) is 1. The van der Waals surface area contributed by atoms with Gasteiger partial charge in [0.15, 0.2) is 0 Å². The number of terminal acetylenes is 1. The number of hydrogen-bond acceptors (Lipinski definition) is 4. The van der Waals surface area contributed by atoms with Gasteiger partial charge < -0.3 is 14.8 Å². The van der Waals surface area contributed by atoms with Crippen molar-refractivity contribution in [1.29, 1.82) is 0 Å². The van der Waals surface area contributed by atoms with Crippen molar-refractivity contribution in [1.82, 2.24) is 10.3 Å². The number of ether oxygens (including phenoxy) is 2. The van der Waals surface area contributed by atoms with Crippen LogP contribution in [0.3, 0.4) is 0 Å². The largest absolute Gasteiger partial charge is 0.444 e. The van der Waals surface area contributed by atoms with Crippen LogP contribution in [-0.4, -0.2) is 30.4 Å². The van der Waals surface area contributed by atoms with Gasteiger partial charge >= 0.3 is 6.09 Å². The van der Waals surface area contributed by atoms with Crippen molar-refractivity contribution in [2.45, 2.75) is 45.3 Å². The van der Waals surface area contributed by atoms with Crippen molar-refractivity contribution in [3.05, 3.63) is 29.6 Å². The zero-order valence-electron chi connectivity index (χ0n) is 13.7. The van der Waals surface area contributed by atoms with Crippen LogP contribution < -0.4 is 5.32 Å². The van der Waals surface area contributed by atoms with Gasteiger partial charge in [0.25, 0.3) is 0 Å². The molecule has 0 unspecified atom stereocenters. The van der Waals surface area contributed by atoms with Gasteiger partial charge in [-0.25, -0.2) is 9.78 Å². The van der Waals surface area contributed by atoms with Gasteiger partial charge in [-0.1, -0.05) is 12.0 Å². The first-order valence-corrected chi connectivity index (χ1v) is 7.27. The standard InChI is InChI=1S/C17H24N2O3/c1-6-13-9-7-10-14(18-13)15(11-8-12-21-5)19-16(20)22-17(2,3)4/h1,7,9-10,15H,8,11-12H2,2-5H3,(H,19,20)/t15-/m0/s1. The van der Waals surface area contributed by atoms with Crippen LogP contribution in [0, 0.1) is 12.3 Å². The van der Waals surface area contributed by atoms with E-state index in [4.69, 9.17) is 15.9 Å². The summed E-state index contributed by atoms with van der Waals surface area (Å²) in [5.41, 5.74) is 0.715. The van der Waals surface area contributed by atoms with Crippen molar-refractivity contribution in [3.8, 4) is 12.3 Å². The molecule has 1 heterocycles. The van der Waals surface area contributed by atoms with Crippen molar-refractivity contribution in [2.75, 3.05) is 13.7 Å². The first kappa shape index (κ1) is 18.0. The van der Waals surface area contributed by atoms with E-state index >= 15 is 0 Å². The monoisotopic (exact) mass is 304 g/mol. The van der Waals surface area contributed by atoms with Gasteiger partial charge in [0.2, 0.25) is 0 Å². The molecule has 0 aromatic carbocycles. The minimum absolute atomic E-state index is 0.265. The summed E-state index contributed by atoms with van der Waals surface area (Å²) in [5.74, 6) is 2.50. The fourth-order valence-electron chi connectivity index (χ4n) is 1.90. The van der Waals surface area contributed by atoms with Crippen LogP contribution in [0.1, 0.15) is 51.0 Å². The summed E-state index contributed by atoms with van der Waals surface area (Å²) < 4.78 is 10.4. The quantitative estimate of drug-likeness (QED) is 0.648. The number of rotatable bonds is 6. The predicted octanol–water partition coefficient (Wildman–Crippen LogP) is 3.06. The molecule has 0 radical (unpaired) electrons. The maximum atomic E-state index is 12.0. The summed E-state index contributed by atoms with van der Waals surface area (Å²) in [6.07, 6.45) is 6.39. The van der Waals surface area contributed by atoms with Crippen LogP contribution >= 0.6 is 0 Å². The second-order valence-electron chi connectivity index (χ2n) is 5.93. The van der Waals surface area contributed by atoms with E-state index < -0.39 is 11.7 Å². The second-order valence-corrected chi connectivity index (χ2v) is 5.93. The lowest BCUT2D eigenvalue weighted by Crippen LogP contribution is -2.35. The summed E-state index contributed by atoms with van der Waals surface area (Å²) in [5, 5.41) is 2.85. The first-order valence-electron chi connectivity index (χ1n) is 7.27. The molecule has 1 aromatic heterocycles. The number of hydrogen-bond donors (Lipinski definition) is 1. The Morgan fingerprint density at radius 1 is 1.45 bits per heavy atom. The van der Waals surface area contributed by atoms with Crippen molar-refractivity contribution in [2.24, 2.45) is 0 Å². The van der Waals surface area contributed by atoms with Crippen molar-refractivity contribution < 1.29 is 14.3 Å². The number of nitrogens with zero attached hydrogens (tertiary/aromatic N) is 1. The molecule has 5 nitrogen and oxygen atoms in total. The molecule has 1 atom stereocenters. The molecule has 5 heteroatoms. The molecule has 22 heavy (non-hydrogen) atoms. The average molecular weight is 304 g/mol. The summed E-state index contributed by atoms with van der Waals surface area (Å²) in [6.45, 7) is 6.08. The van der Waals surface area contributed by atoms with Crippen LogP contribution in [0.2, 0.25) is 0 Å². The highest BCUT2D eigenvalue weighted by molar-refractivity contribution is 5.68. The Labute approximate surface area is 132 Å². The molecule has 0 fully saturated rings. The number of methoxy groups -OCH3 is 1. The third-order valence-corrected chi connectivity index (χ3v) is 2.81. The van der Waals surface area contributed by atoms with Gasteiger partial charge in [0.1, 0.15) is 11.3 Å². The lowest BCUT2D eigenvalue weighted by molar-refractivity contribution is 0.0496.